The van der Waals surface area contributed by atoms with Crippen LogP contribution in [0.2, 0.25) is 0 Å². The van der Waals surface area contributed by atoms with E-state index >= 15 is 0 Å². The van der Waals surface area contributed by atoms with E-state index in [-0.39, 0.29) is 18.9 Å². The van der Waals surface area contributed by atoms with Gasteiger partial charge in [-0.1, -0.05) is 68.8 Å². The largest absolute Gasteiger partial charge is 0.480 e. The molecule has 3 N–H and O–H groups in total. The van der Waals surface area contributed by atoms with Gasteiger partial charge in [0.2, 0.25) is 5.91 Å². The van der Waals surface area contributed by atoms with Gasteiger partial charge in [0.25, 0.3) is 0 Å². The molecule has 0 heterocycles. The zero-order valence-corrected chi connectivity index (χ0v) is 17.8. The second kappa shape index (κ2) is 10.1. The van der Waals surface area contributed by atoms with Crippen molar-refractivity contribution in [2.24, 2.45) is 0 Å². The summed E-state index contributed by atoms with van der Waals surface area (Å²) in [4.78, 5) is 36.2. The maximum Gasteiger partial charge on any atom is 0.407 e. The minimum atomic E-state index is -1.10. The first-order valence-electron chi connectivity index (χ1n) is 10.6. The fourth-order valence-corrected chi connectivity index (χ4v) is 3.95. The van der Waals surface area contributed by atoms with Gasteiger partial charge in [-0.05, 0) is 35.1 Å². The number of carbonyl (C=O) groups is 3. The highest BCUT2D eigenvalue weighted by Gasteiger charge is 2.30. The van der Waals surface area contributed by atoms with Crippen LogP contribution >= 0.6 is 0 Å². The van der Waals surface area contributed by atoms with Gasteiger partial charge in [-0.3, -0.25) is 4.79 Å². The van der Waals surface area contributed by atoms with Gasteiger partial charge in [-0.2, -0.15) is 0 Å². The summed E-state index contributed by atoms with van der Waals surface area (Å²) in [5.41, 5.74) is 4.47. The van der Waals surface area contributed by atoms with Crippen molar-refractivity contribution >= 4 is 18.0 Å². The van der Waals surface area contributed by atoms with Crippen molar-refractivity contribution in [2.75, 3.05) is 6.61 Å². The third-order valence-electron chi connectivity index (χ3n) is 5.55. The minimum Gasteiger partial charge on any atom is -0.480 e. The Hall–Kier alpha value is -3.35. The Morgan fingerprint density at radius 3 is 2.03 bits per heavy atom. The van der Waals surface area contributed by atoms with Gasteiger partial charge in [0.05, 0.1) is 0 Å². The molecule has 2 amide bonds. The van der Waals surface area contributed by atoms with E-state index in [1.165, 1.54) is 0 Å². The van der Waals surface area contributed by atoms with Crippen LogP contribution in [-0.2, 0) is 14.3 Å². The number of benzene rings is 2. The predicted octanol–water partition coefficient (Wildman–Crippen LogP) is 3.67. The van der Waals surface area contributed by atoms with Gasteiger partial charge in [0.1, 0.15) is 18.7 Å². The number of carbonyl (C=O) groups excluding carboxylic acids is 2. The summed E-state index contributed by atoms with van der Waals surface area (Å²) < 4.78 is 5.50. The fourth-order valence-electron chi connectivity index (χ4n) is 3.95. The quantitative estimate of drug-likeness (QED) is 0.570. The lowest BCUT2D eigenvalue weighted by atomic mass is 9.98. The van der Waals surface area contributed by atoms with E-state index in [1.54, 1.807) is 6.92 Å². The molecule has 2 aromatic rings. The first-order valence-corrected chi connectivity index (χ1v) is 10.6. The minimum absolute atomic E-state index is 0.0758. The Morgan fingerprint density at radius 2 is 1.52 bits per heavy atom. The number of alkyl carbamates (subject to hydrolysis) is 1. The Bertz CT molecular complexity index is 913. The molecule has 0 spiro atoms. The molecule has 0 saturated heterocycles. The van der Waals surface area contributed by atoms with Crippen LogP contribution in [0.5, 0.6) is 0 Å². The summed E-state index contributed by atoms with van der Waals surface area (Å²) >= 11 is 0. The Kier molecular flexibility index (Phi) is 7.28. The molecule has 0 saturated carbocycles. The number of ether oxygens (including phenoxy) is 1. The average molecular weight is 424 g/mol. The monoisotopic (exact) mass is 424 g/mol. The van der Waals surface area contributed by atoms with Crippen LogP contribution in [0.3, 0.4) is 0 Å². The smallest absolute Gasteiger partial charge is 0.407 e. The first kappa shape index (κ1) is 22.3. The van der Waals surface area contributed by atoms with E-state index in [2.05, 4.69) is 22.8 Å². The van der Waals surface area contributed by atoms with Gasteiger partial charge in [0.15, 0.2) is 0 Å². The molecule has 1 aliphatic rings. The Balaban J connectivity index is 1.64. The topological polar surface area (TPSA) is 105 Å². The molecule has 0 aromatic heterocycles. The van der Waals surface area contributed by atoms with Crippen LogP contribution in [-0.4, -0.2) is 41.8 Å². The van der Waals surface area contributed by atoms with Gasteiger partial charge in [-0.15, -0.1) is 0 Å². The van der Waals surface area contributed by atoms with E-state index in [9.17, 15) is 14.4 Å². The highest BCUT2D eigenvalue weighted by Crippen LogP contribution is 2.44. The van der Waals surface area contributed by atoms with E-state index in [4.69, 9.17) is 9.84 Å². The number of hydrogen-bond donors (Lipinski definition) is 3. The molecule has 164 valence electrons. The second-order valence-corrected chi connectivity index (χ2v) is 7.62. The van der Waals surface area contributed by atoms with E-state index in [0.717, 1.165) is 22.3 Å². The molecular weight excluding hydrogens is 396 g/mol. The summed E-state index contributed by atoms with van der Waals surface area (Å²) in [6, 6.07) is 14.2. The van der Waals surface area contributed by atoms with Gasteiger partial charge in [-0.25, -0.2) is 9.59 Å². The van der Waals surface area contributed by atoms with Crippen molar-refractivity contribution in [3.05, 3.63) is 59.7 Å². The third-order valence-corrected chi connectivity index (χ3v) is 5.55. The first-order chi connectivity index (χ1) is 15.0. The number of amides is 2. The summed E-state index contributed by atoms with van der Waals surface area (Å²) in [7, 11) is 0. The molecule has 0 radical (unpaired) electrons. The van der Waals surface area contributed by atoms with E-state index in [1.807, 2.05) is 43.3 Å². The molecule has 0 fully saturated rings. The van der Waals surface area contributed by atoms with Crippen LogP contribution in [0.1, 0.15) is 50.2 Å². The lowest BCUT2D eigenvalue weighted by Crippen LogP contribution is -2.51. The number of nitrogens with one attached hydrogen (secondary N) is 2. The van der Waals surface area contributed by atoms with Crippen LogP contribution < -0.4 is 10.6 Å². The lowest BCUT2D eigenvalue weighted by Gasteiger charge is -2.21. The molecule has 7 nitrogen and oxygen atoms in total. The van der Waals surface area contributed by atoms with Crippen LogP contribution in [0, 0.1) is 0 Å². The van der Waals surface area contributed by atoms with Crippen molar-refractivity contribution in [3.8, 4) is 11.1 Å². The molecule has 1 unspecified atom stereocenters. The number of aliphatic carboxylic acids is 1. The van der Waals surface area contributed by atoms with Crippen LogP contribution in [0.4, 0.5) is 4.79 Å². The maximum absolute atomic E-state index is 12.5. The van der Waals surface area contributed by atoms with Crippen LogP contribution in [0.25, 0.3) is 11.1 Å². The molecule has 3 rings (SSSR count). The van der Waals surface area contributed by atoms with Crippen molar-refractivity contribution in [2.45, 2.75) is 51.1 Å². The van der Waals surface area contributed by atoms with Crippen molar-refractivity contribution < 1.29 is 24.2 Å². The normalized spacial score (nSPS) is 14.1. The highest BCUT2D eigenvalue weighted by atomic mass is 16.5. The van der Waals surface area contributed by atoms with E-state index < -0.39 is 30.1 Å². The molecule has 0 bridgehead atoms. The number of carboxylic acid groups (broad SMARTS) is 1. The van der Waals surface area contributed by atoms with Crippen molar-refractivity contribution in [1.29, 1.82) is 0 Å². The maximum atomic E-state index is 12.5. The summed E-state index contributed by atoms with van der Waals surface area (Å²) in [6.45, 7) is 3.70. The molecule has 2 aromatic carbocycles. The second-order valence-electron chi connectivity index (χ2n) is 7.62. The Morgan fingerprint density at radius 1 is 0.935 bits per heavy atom. The molecule has 7 heteroatoms. The molecule has 0 aliphatic heterocycles. The molecule has 31 heavy (non-hydrogen) atoms. The summed E-state index contributed by atoms with van der Waals surface area (Å²) in [5, 5.41) is 14.2. The zero-order valence-electron chi connectivity index (χ0n) is 17.8. The fraction of sp³-hybridized carbons (Fsp3) is 0.375. The van der Waals surface area contributed by atoms with Gasteiger partial charge < -0.3 is 20.5 Å². The van der Waals surface area contributed by atoms with Crippen molar-refractivity contribution in [3.63, 3.8) is 0 Å². The van der Waals surface area contributed by atoms with Gasteiger partial charge >= 0.3 is 12.1 Å². The molecular formula is C24H28N2O5. The highest BCUT2D eigenvalue weighted by molar-refractivity contribution is 5.89. The zero-order chi connectivity index (χ0) is 22.4. The Labute approximate surface area is 181 Å². The number of hydrogen-bond acceptors (Lipinski definition) is 4. The lowest BCUT2D eigenvalue weighted by molar-refractivity contribution is -0.142. The van der Waals surface area contributed by atoms with Crippen LogP contribution in [0.15, 0.2) is 48.5 Å². The standard InChI is InChI=1S/C24H28N2O5/c1-3-9-21(22(27)25-20(4-2)23(28)29)26-24(30)31-14-19-17-12-7-5-10-15(17)16-11-6-8-13-18(16)19/h5-8,10-13,19-21H,3-4,9,14H2,1-2H3,(H,25,27)(H,26,30)(H,28,29)/t20-,21?/m0/s1. The summed E-state index contributed by atoms with van der Waals surface area (Å²) in [6.07, 6.45) is 0.585. The number of fused-ring (bicyclic) bond motifs is 3. The third kappa shape index (κ3) is 5.05. The average Bonchev–Trinajstić information content (AvgIpc) is 3.09. The molecule has 1 aliphatic carbocycles. The van der Waals surface area contributed by atoms with Gasteiger partial charge in [0, 0.05) is 5.92 Å². The SMILES string of the molecule is CCCC(NC(=O)OCC1c2ccccc2-c2ccccc21)C(=O)N[C@@H](CC)C(=O)O. The summed E-state index contributed by atoms with van der Waals surface area (Å²) in [5.74, 6) is -1.70. The number of carboxylic acids is 1. The number of rotatable bonds is 9. The molecule has 2 atom stereocenters. The predicted molar refractivity (Wildman–Crippen MR) is 117 cm³/mol. The van der Waals surface area contributed by atoms with E-state index in [0.29, 0.717) is 12.8 Å². The van der Waals surface area contributed by atoms with Crippen molar-refractivity contribution in [1.82, 2.24) is 10.6 Å².